The summed E-state index contributed by atoms with van der Waals surface area (Å²) >= 11 is 0. The molecule has 3 fully saturated rings. The molecule has 16 nitrogen and oxygen atoms in total. The highest BCUT2D eigenvalue weighted by molar-refractivity contribution is 6.39. The highest BCUT2D eigenvalue weighted by atomic mass is 16.6. The van der Waals surface area contributed by atoms with E-state index >= 15 is 0 Å². The zero-order chi connectivity index (χ0) is 53.1. The van der Waals surface area contributed by atoms with Gasteiger partial charge < -0.3 is 53.0 Å². The van der Waals surface area contributed by atoms with Crippen LogP contribution in [-0.2, 0) is 61.9 Å². The normalized spacial score (nSPS) is 37.7. The van der Waals surface area contributed by atoms with Gasteiger partial charge in [0.05, 0.1) is 50.8 Å². The van der Waals surface area contributed by atoms with Crippen molar-refractivity contribution in [3.05, 3.63) is 47.6 Å². The molecule has 1 aliphatic carbocycles. The van der Waals surface area contributed by atoms with Crippen molar-refractivity contribution in [1.82, 2.24) is 4.90 Å². The summed E-state index contributed by atoms with van der Waals surface area (Å²) in [6.07, 6.45) is 12.2. The fraction of sp³-hybridized carbons (Fsp3) is 0.768. The van der Waals surface area contributed by atoms with E-state index in [2.05, 4.69) is 0 Å². The molecule has 16 heteroatoms. The second-order valence-corrected chi connectivity index (χ2v) is 21.1. The molecule has 2 saturated heterocycles. The molecule has 0 aromatic rings. The number of carbonyl (C=O) groups excluding carboxylic acids is 5. The highest BCUT2D eigenvalue weighted by Gasteiger charge is 2.53. The van der Waals surface area contributed by atoms with E-state index < -0.39 is 77.8 Å². The minimum Gasteiger partial charge on any atom is -0.460 e. The smallest absolute Gasteiger partial charge is 0.329 e. The quantitative estimate of drug-likeness (QED) is 0.0837. The Hall–Kier alpha value is -3.45. The Morgan fingerprint density at radius 1 is 0.792 bits per heavy atom. The Morgan fingerprint density at radius 3 is 2.18 bits per heavy atom. The zero-order valence-corrected chi connectivity index (χ0v) is 45.2. The van der Waals surface area contributed by atoms with E-state index in [1.165, 1.54) is 12.0 Å². The van der Waals surface area contributed by atoms with Crippen molar-refractivity contribution in [2.45, 2.75) is 180 Å². The number of Topliss-reactive ketones (excluding diaryl/α,β-unsaturated/α-hetero) is 3. The lowest BCUT2D eigenvalue weighted by Gasteiger charge is -2.43. The maximum absolute atomic E-state index is 14.6. The molecule has 72 heavy (non-hydrogen) atoms. The number of methoxy groups -OCH3 is 4. The first kappa shape index (κ1) is 61.1. The number of hydrogen-bond acceptors (Lipinski definition) is 15. The van der Waals surface area contributed by atoms with Crippen LogP contribution in [0.3, 0.4) is 0 Å². The van der Waals surface area contributed by atoms with Gasteiger partial charge in [-0.15, -0.1) is 0 Å². The van der Waals surface area contributed by atoms with Crippen LogP contribution < -0.4 is 0 Å². The van der Waals surface area contributed by atoms with Gasteiger partial charge in [-0.05, 0) is 107 Å². The average molecular weight is 1020 g/mol. The summed E-state index contributed by atoms with van der Waals surface area (Å²) in [6.45, 7) is 14.4. The van der Waals surface area contributed by atoms with Gasteiger partial charge in [-0.3, -0.25) is 19.2 Å². The molecule has 2 unspecified atom stereocenters. The number of fused-ring (bicyclic) bond motifs is 3. The number of nitrogens with zero attached hydrogens (tertiary/aromatic N) is 1. The lowest BCUT2D eigenvalue weighted by atomic mass is 9.78. The maximum atomic E-state index is 14.6. The van der Waals surface area contributed by atoms with Crippen molar-refractivity contribution in [3.63, 3.8) is 0 Å². The molecule has 1 saturated carbocycles. The number of esters is 1. The van der Waals surface area contributed by atoms with E-state index in [1.54, 1.807) is 48.2 Å². The number of allylic oxidation sites excluding steroid dienone is 6. The van der Waals surface area contributed by atoms with Crippen molar-refractivity contribution in [1.29, 1.82) is 0 Å². The number of rotatable bonds is 13. The van der Waals surface area contributed by atoms with Crippen molar-refractivity contribution in [2.24, 2.45) is 35.5 Å². The average Bonchev–Trinajstić information content (AvgIpc) is 3.36. The molecule has 2 N–H and O–H groups in total. The van der Waals surface area contributed by atoms with Gasteiger partial charge in [0.1, 0.15) is 30.1 Å². The summed E-state index contributed by atoms with van der Waals surface area (Å²) < 4.78 is 46.9. The van der Waals surface area contributed by atoms with Crippen LogP contribution in [0.5, 0.6) is 0 Å². The van der Waals surface area contributed by atoms with Crippen molar-refractivity contribution < 1.29 is 72.1 Å². The standard InChI is InChI=1S/C56H89NO15/c1-35-17-13-12-14-18-36(2)47(70-28-26-66-9)33-43-22-20-41(7)56(64,72-43)53(61)54(62)57-24-16-15-19-44(57)55(63)71-48(38(4)31-42-21-23-46(49(32-42)67-10)69-27-25-65-8)34-45(58)37(3)30-40(6)51(60)52(68-11)50(59)39(5)29-35/h12-14,17-18,30,35,37-39,41-44,46-49,51-52,60,64H,15-16,19-29,31-34H2,1-11H3/b14-12+,17-13+,36-18+,40-30+/t35-,37-,38-,39-,41-,42?,43+,44+,46-,47+,48?,49-,51-,52+,56-/m1/s1. The van der Waals surface area contributed by atoms with Gasteiger partial charge >= 0.3 is 5.97 Å². The first-order valence-corrected chi connectivity index (χ1v) is 26.5. The summed E-state index contributed by atoms with van der Waals surface area (Å²) in [5.74, 6) is -7.97. The van der Waals surface area contributed by atoms with Crippen LogP contribution >= 0.6 is 0 Å². The molecule has 2 bridgehead atoms. The first-order valence-electron chi connectivity index (χ1n) is 26.5. The summed E-state index contributed by atoms with van der Waals surface area (Å²) in [4.78, 5) is 72.7. The number of hydrogen-bond donors (Lipinski definition) is 2. The summed E-state index contributed by atoms with van der Waals surface area (Å²) in [6, 6.07) is -1.15. The molecule has 4 aliphatic rings. The monoisotopic (exact) mass is 1020 g/mol. The molecular formula is C56H89NO15. The van der Waals surface area contributed by atoms with Crippen molar-refractivity contribution in [2.75, 3.05) is 61.4 Å². The summed E-state index contributed by atoms with van der Waals surface area (Å²) in [7, 11) is 6.26. The molecule has 15 atom stereocenters. The Morgan fingerprint density at radius 2 is 1.50 bits per heavy atom. The number of carbonyl (C=O) groups is 5. The molecule has 0 radical (unpaired) electrons. The third kappa shape index (κ3) is 17.3. The molecule has 0 spiro atoms. The lowest BCUT2D eigenvalue weighted by molar-refractivity contribution is -0.266. The minimum absolute atomic E-state index is 0.00434. The van der Waals surface area contributed by atoms with Gasteiger partial charge in [0.25, 0.3) is 11.7 Å². The fourth-order valence-corrected chi connectivity index (χ4v) is 10.8. The van der Waals surface area contributed by atoms with E-state index in [0.717, 1.165) is 18.4 Å². The third-order valence-electron chi connectivity index (χ3n) is 15.4. The predicted molar refractivity (Wildman–Crippen MR) is 272 cm³/mol. The van der Waals surface area contributed by atoms with Gasteiger partial charge in [0.15, 0.2) is 5.78 Å². The fourth-order valence-electron chi connectivity index (χ4n) is 10.8. The maximum Gasteiger partial charge on any atom is 0.329 e. The number of aliphatic hydroxyl groups excluding tert-OH is 1. The molecule has 0 aromatic carbocycles. The Labute approximate surface area is 429 Å². The van der Waals surface area contributed by atoms with E-state index in [1.807, 2.05) is 58.1 Å². The van der Waals surface area contributed by atoms with Crippen LogP contribution in [0.25, 0.3) is 0 Å². The zero-order valence-electron chi connectivity index (χ0n) is 45.2. The molecule has 3 heterocycles. The number of piperidine rings is 1. The second kappa shape index (κ2) is 30.2. The van der Waals surface area contributed by atoms with E-state index in [4.69, 9.17) is 37.9 Å². The summed E-state index contributed by atoms with van der Waals surface area (Å²) in [5, 5.41) is 23.6. The highest BCUT2D eigenvalue weighted by Crippen LogP contribution is 2.38. The predicted octanol–water partition coefficient (Wildman–Crippen LogP) is 6.87. The van der Waals surface area contributed by atoms with Gasteiger partial charge in [0, 0.05) is 65.6 Å². The summed E-state index contributed by atoms with van der Waals surface area (Å²) in [5.41, 5.74) is 1.25. The SMILES string of the molecule is COCCO[C@H]1C[C@@H]2CC[C@@H](C)[C@@](O)(O2)C(=O)C(=O)N2CCCC[C@H]2C(=O)OC([C@H](C)CC2CC[C@@H](OCCOC)[C@H](OC)C2)CC(=O)[C@H](C)/C=C(\C)[C@@H](O)[C@@H](OC)C(=O)[C@H](C)C[C@H](C)/C=C/C=C/C=C/1C. The lowest BCUT2D eigenvalue weighted by Crippen LogP contribution is -2.61. The largest absolute Gasteiger partial charge is 0.460 e. The Kier molecular flexibility index (Phi) is 25.6. The number of ether oxygens (including phenoxy) is 8. The van der Waals surface area contributed by atoms with E-state index in [-0.39, 0.29) is 73.9 Å². The molecule has 408 valence electrons. The van der Waals surface area contributed by atoms with E-state index in [9.17, 15) is 34.2 Å². The van der Waals surface area contributed by atoms with Crippen LogP contribution in [-0.4, -0.2) is 160 Å². The molecule has 0 aromatic heterocycles. The van der Waals surface area contributed by atoms with Gasteiger partial charge in [-0.25, -0.2) is 4.79 Å². The second-order valence-electron chi connectivity index (χ2n) is 21.1. The number of cyclic esters (lactones) is 1. The topological polar surface area (TPSA) is 203 Å². The Bertz CT molecular complexity index is 1880. The van der Waals surface area contributed by atoms with Crippen LogP contribution in [0.4, 0.5) is 0 Å². The van der Waals surface area contributed by atoms with Gasteiger partial charge in [0.2, 0.25) is 5.79 Å². The first-order chi connectivity index (χ1) is 34.3. The van der Waals surface area contributed by atoms with Crippen LogP contribution in [0, 0.1) is 35.5 Å². The Balaban J connectivity index is 1.71. The van der Waals surface area contributed by atoms with Crippen LogP contribution in [0.1, 0.15) is 126 Å². The van der Waals surface area contributed by atoms with Crippen LogP contribution in [0.15, 0.2) is 47.6 Å². The minimum atomic E-state index is -2.46. The van der Waals surface area contributed by atoms with E-state index in [0.29, 0.717) is 70.3 Å². The van der Waals surface area contributed by atoms with Crippen LogP contribution in [0.2, 0.25) is 0 Å². The molecule has 4 rings (SSSR count). The van der Waals surface area contributed by atoms with Gasteiger partial charge in [-0.1, -0.05) is 71.1 Å². The van der Waals surface area contributed by atoms with Crippen molar-refractivity contribution >= 4 is 29.2 Å². The number of amides is 1. The third-order valence-corrected chi connectivity index (χ3v) is 15.4. The number of ketones is 3. The molecule has 3 aliphatic heterocycles. The number of aliphatic hydroxyl groups is 2. The van der Waals surface area contributed by atoms with Crippen molar-refractivity contribution in [3.8, 4) is 0 Å². The molecular weight excluding hydrogens is 927 g/mol. The molecule has 1 amide bonds. The van der Waals surface area contributed by atoms with Gasteiger partial charge in [-0.2, -0.15) is 0 Å².